The third-order valence-corrected chi connectivity index (χ3v) is 2.12. The Kier molecular flexibility index (Phi) is 3.66. The third-order valence-electron chi connectivity index (χ3n) is 1.83. The maximum absolute atomic E-state index is 12.2. The van der Waals surface area contributed by atoms with Gasteiger partial charge in [0, 0.05) is 0 Å². The van der Waals surface area contributed by atoms with Crippen LogP contribution in [0.1, 0.15) is 12.5 Å². The minimum atomic E-state index is -4.45. The lowest BCUT2D eigenvalue weighted by atomic mass is 10.2. The van der Waals surface area contributed by atoms with Crippen molar-refractivity contribution in [1.82, 2.24) is 0 Å². The van der Waals surface area contributed by atoms with Gasteiger partial charge in [-0.2, -0.15) is 18.4 Å². The molecule has 0 aliphatic carbocycles. The van der Waals surface area contributed by atoms with E-state index in [9.17, 15) is 13.2 Å². The van der Waals surface area contributed by atoms with E-state index in [0.29, 0.717) is 0 Å². The van der Waals surface area contributed by atoms with Gasteiger partial charge >= 0.3 is 6.18 Å². The number of hydrogen-bond acceptors (Lipinski definition) is 2. The van der Waals surface area contributed by atoms with Crippen molar-refractivity contribution < 1.29 is 17.9 Å². The molecule has 6 heteroatoms. The molecule has 0 bridgehead atoms. The van der Waals surface area contributed by atoms with Crippen molar-refractivity contribution in [2.75, 3.05) is 0 Å². The van der Waals surface area contributed by atoms with Crippen LogP contribution in [0, 0.1) is 11.3 Å². The number of hydrogen-bond donors (Lipinski definition) is 0. The monoisotopic (exact) mass is 249 g/mol. The molecule has 0 amide bonds. The first kappa shape index (κ1) is 12.7. The second-order valence-corrected chi connectivity index (χ2v) is 3.47. The second kappa shape index (κ2) is 4.62. The van der Waals surface area contributed by atoms with Crippen LogP contribution in [-0.4, -0.2) is 12.3 Å². The molecule has 0 saturated carbocycles. The molecule has 1 aromatic rings. The van der Waals surface area contributed by atoms with Crippen LogP contribution in [0.4, 0.5) is 13.2 Å². The van der Waals surface area contributed by atoms with Gasteiger partial charge in [0.1, 0.15) is 5.75 Å². The Labute approximate surface area is 95.2 Å². The number of nitriles is 1. The number of alkyl halides is 3. The highest BCUT2D eigenvalue weighted by atomic mass is 35.5. The fraction of sp³-hybridized carbons (Fsp3) is 0.300. The summed E-state index contributed by atoms with van der Waals surface area (Å²) < 4.78 is 41.2. The van der Waals surface area contributed by atoms with E-state index in [4.69, 9.17) is 16.9 Å². The number of benzene rings is 1. The van der Waals surface area contributed by atoms with E-state index in [-0.39, 0.29) is 16.3 Å². The third kappa shape index (κ3) is 3.04. The predicted molar refractivity (Wildman–Crippen MR) is 52.3 cm³/mol. The average molecular weight is 250 g/mol. The van der Waals surface area contributed by atoms with E-state index >= 15 is 0 Å². The lowest BCUT2D eigenvalue weighted by Gasteiger charge is -2.18. The van der Waals surface area contributed by atoms with Gasteiger partial charge in [-0.15, -0.1) is 0 Å². The van der Waals surface area contributed by atoms with Crippen LogP contribution in [0.2, 0.25) is 5.02 Å². The molecule has 1 aromatic carbocycles. The maximum atomic E-state index is 12.2. The second-order valence-electron chi connectivity index (χ2n) is 3.06. The zero-order chi connectivity index (χ0) is 12.3. The van der Waals surface area contributed by atoms with Crippen molar-refractivity contribution in [3.8, 4) is 11.8 Å². The topological polar surface area (TPSA) is 33.0 Å². The predicted octanol–water partition coefficient (Wildman–Crippen LogP) is 3.54. The maximum Gasteiger partial charge on any atom is 0.425 e. The molecule has 1 rings (SSSR count). The SMILES string of the molecule is CC(Oc1ccc(C#N)cc1Cl)C(F)(F)F. The van der Waals surface area contributed by atoms with Crippen LogP contribution in [-0.2, 0) is 0 Å². The lowest BCUT2D eigenvalue weighted by molar-refractivity contribution is -0.189. The summed E-state index contributed by atoms with van der Waals surface area (Å²) in [5, 5.41) is 8.52. The zero-order valence-electron chi connectivity index (χ0n) is 8.18. The van der Waals surface area contributed by atoms with E-state index in [1.807, 2.05) is 6.07 Å². The van der Waals surface area contributed by atoms with Crippen molar-refractivity contribution in [3.05, 3.63) is 28.8 Å². The van der Waals surface area contributed by atoms with Gasteiger partial charge < -0.3 is 4.74 Å². The standard InChI is InChI=1S/C10H7ClF3NO/c1-6(10(12,13)14)16-9-3-2-7(5-15)4-8(9)11/h2-4,6H,1H3. The van der Waals surface area contributed by atoms with Gasteiger partial charge in [-0.25, -0.2) is 0 Å². The molecular weight excluding hydrogens is 243 g/mol. The van der Waals surface area contributed by atoms with Crippen LogP contribution >= 0.6 is 11.6 Å². The first-order chi connectivity index (χ1) is 7.34. The Morgan fingerprint density at radius 2 is 2.06 bits per heavy atom. The van der Waals surface area contributed by atoms with Crippen molar-refractivity contribution in [1.29, 1.82) is 5.26 Å². The van der Waals surface area contributed by atoms with Gasteiger partial charge in [0.2, 0.25) is 0 Å². The van der Waals surface area contributed by atoms with Crippen LogP contribution in [0.25, 0.3) is 0 Å². The van der Waals surface area contributed by atoms with Gasteiger partial charge in [-0.05, 0) is 25.1 Å². The minimum absolute atomic E-state index is 0.0184. The summed E-state index contributed by atoms with van der Waals surface area (Å²) in [7, 11) is 0. The summed E-state index contributed by atoms with van der Waals surface area (Å²) in [6.45, 7) is 0.883. The Bertz CT molecular complexity index is 425. The molecule has 0 N–H and O–H groups in total. The molecule has 0 aromatic heterocycles. The first-order valence-corrected chi connectivity index (χ1v) is 4.65. The molecule has 0 radical (unpaired) electrons. The fourth-order valence-corrected chi connectivity index (χ4v) is 1.15. The van der Waals surface area contributed by atoms with Crippen LogP contribution in [0.15, 0.2) is 18.2 Å². The summed E-state index contributed by atoms with van der Waals surface area (Å²) in [6.07, 6.45) is -6.39. The molecule has 86 valence electrons. The van der Waals surface area contributed by atoms with Crippen LogP contribution in [0.3, 0.4) is 0 Å². The van der Waals surface area contributed by atoms with Crippen molar-refractivity contribution >= 4 is 11.6 Å². The van der Waals surface area contributed by atoms with Crippen molar-refractivity contribution in [3.63, 3.8) is 0 Å². The molecule has 0 saturated heterocycles. The molecule has 0 fully saturated rings. The molecule has 0 aliphatic rings. The molecular formula is C10H7ClF3NO. The summed E-state index contributed by atoms with van der Waals surface area (Å²) in [4.78, 5) is 0. The van der Waals surface area contributed by atoms with Gasteiger partial charge in [-0.1, -0.05) is 11.6 Å². The molecule has 0 spiro atoms. The molecule has 1 atom stereocenters. The van der Waals surface area contributed by atoms with Gasteiger partial charge in [0.05, 0.1) is 16.7 Å². The van der Waals surface area contributed by atoms with E-state index in [1.54, 1.807) is 0 Å². The fourth-order valence-electron chi connectivity index (χ4n) is 0.923. The Hall–Kier alpha value is -1.41. The molecule has 1 unspecified atom stereocenters. The van der Waals surface area contributed by atoms with Gasteiger partial charge in [0.25, 0.3) is 0 Å². The Balaban J connectivity index is 2.88. The highest BCUT2D eigenvalue weighted by Gasteiger charge is 2.38. The van der Waals surface area contributed by atoms with E-state index in [2.05, 4.69) is 4.74 Å². The number of ether oxygens (including phenoxy) is 1. The largest absolute Gasteiger partial charge is 0.480 e. The van der Waals surface area contributed by atoms with Crippen LogP contribution in [0.5, 0.6) is 5.75 Å². The highest BCUT2D eigenvalue weighted by Crippen LogP contribution is 2.30. The zero-order valence-corrected chi connectivity index (χ0v) is 8.93. The van der Waals surface area contributed by atoms with Gasteiger partial charge in [-0.3, -0.25) is 0 Å². The van der Waals surface area contributed by atoms with E-state index in [0.717, 1.165) is 6.92 Å². The Morgan fingerprint density at radius 3 is 2.50 bits per heavy atom. The minimum Gasteiger partial charge on any atom is -0.480 e. The summed E-state index contributed by atoms with van der Waals surface area (Å²) >= 11 is 5.66. The first-order valence-electron chi connectivity index (χ1n) is 4.27. The van der Waals surface area contributed by atoms with E-state index in [1.165, 1.54) is 18.2 Å². The van der Waals surface area contributed by atoms with E-state index < -0.39 is 12.3 Å². The summed E-state index contributed by atoms with van der Waals surface area (Å²) in [6, 6.07) is 5.64. The Morgan fingerprint density at radius 1 is 1.44 bits per heavy atom. The highest BCUT2D eigenvalue weighted by molar-refractivity contribution is 6.32. The average Bonchev–Trinajstić information content (AvgIpc) is 2.19. The quantitative estimate of drug-likeness (QED) is 0.803. The molecule has 16 heavy (non-hydrogen) atoms. The number of halogens is 4. The summed E-state index contributed by atoms with van der Waals surface area (Å²) in [5.74, 6) is -0.0921. The normalized spacial score (nSPS) is 13.0. The van der Waals surface area contributed by atoms with Crippen LogP contribution < -0.4 is 4.74 Å². The van der Waals surface area contributed by atoms with Gasteiger partial charge in [0.15, 0.2) is 6.10 Å². The molecule has 0 heterocycles. The molecule has 2 nitrogen and oxygen atoms in total. The summed E-state index contributed by atoms with van der Waals surface area (Å²) in [5.41, 5.74) is 0.261. The lowest BCUT2D eigenvalue weighted by Crippen LogP contribution is -2.31. The van der Waals surface area contributed by atoms with Crippen molar-refractivity contribution in [2.24, 2.45) is 0 Å². The smallest absolute Gasteiger partial charge is 0.425 e. The van der Waals surface area contributed by atoms with Crippen molar-refractivity contribution in [2.45, 2.75) is 19.2 Å². The molecule has 0 aliphatic heterocycles. The number of nitrogens with zero attached hydrogens (tertiary/aromatic N) is 1. The number of rotatable bonds is 2.